The molecule has 0 radical (unpaired) electrons. The average molecular weight is 343 g/mol. The van der Waals surface area contributed by atoms with Crippen molar-refractivity contribution in [1.29, 1.82) is 0 Å². The van der Waals surface area contributed by atoms with Gasteiger partial charge in [0.15, 0.2) is 16.6 Å². The molecule has 3 heterocycles. The van der Waals surface area contributed by atoms with Crippen LogP contribution in [0.2, 0.25) is 0 Å². The van der Waals surface area contributed by atoms with Gasteiger partial charge in [-0.25, -0.2) is 4.98 Å². The molecule has 0 saturated carbocycles. The Morgan fingerprint density at radius 1 is 1.21 bits per heavy atom. The van der Waals surface area contributed by atoms with E-state index in [0.717, 1.165) is 58.7 Å². The fraction of sp³-hybridized carbons (Fsp3) is 0.389. The molecule has 0 spiro atoms. The predicted molar refractivity (Wildman–Crippen MR) is 96.8 cm³/mol. The van der Waals surface area contributed by atoms with E-state index in [1.807, 2.05) is 18.3 Å². The zero-order valence-corrected chi connectivity index (χ0v) is 14.3. The molecule has 0 atom stereocenters. The number of rotatable bonds is 3. The van der Waals surface area contributed by atoms with Crippen LogP contribution in [0, 0.1) is 5.92 Å². The van der Waals surface area contributed by atoms with Gasteiger partial charge in [0.2, 0.25) is 0 Å². The van der Waals surface area contributed by atoms with Crippen molar-refractivity contribution in [2.75, 3.05) is 31.2 Å². The average Bonchev–Trinajstić information content (AvgIpc) is 3.11. The maximum Gasteiger partial charge on any atom is 0.185 e. The van der Waals surface area contributed by atoms with Gasteiger partial charge in [-0.15, -0.1) is 0 Å². The van der Waals surface area contributed by atoms with Crippen LogP contribution in [0.1, 0.15) is 12.8 Å². The summed E-state index contributed by atoms with van der Waals surface area (Å²) in [6, 6.07) is 6.08. The molecule has 1 saturated heterocycles. The number of thiazole rings is 1. The molecule has 2 N–H and O–H groups in total. The van der Waals surface area contributed by atoms with E-state index < -0.39 is 0 Å². The standard InChI is InChI=1S/C18H21N3O2S/c1-12(19)13-4-6-21(7-5-13)18-20-11-17(24-18)14-2-3-15-16(10-14)23-9-8-22-15/h2-3,10-11,13H,1,4-9,19H2. The molecule has 5 nitrogen and oxygen atoms in total. The monoisotopic (exact) mass is 343 g/mol. The highest BCUT2D eigenvalue weighted by molar-refractivity contribution is 7.18. The Balaban J connectivity index is 1.50. The Morgan fingerprint density at radius 3 is 2.71 bits per heavy atom. The van der Waals surface area contributed by atoms with Crippen molar-refractivity contribution in [3.05, 3.63) is 36.7 Å². The van der Waals surface area contributed by atoms with Crippen LogP contribution in [-0.4, -0.2) is 31.3 Å². The minimum absolute atomic E-state index is 0.443. The van der Waals surface area contributed by atoms with Gasteiger partial charge in [-0.05, 0) is 36.6 Å². The molecular formula is C18H21N3O2S. The van der Waals surface area contributed by atoms with Gasteiger partial charge < -0.3 is 20.1 Å². The maximum atomic E-state index is 5.84. The number of hydrogen-bond donors (Lipinski definition) is 1. The molecule has 6 heteroatoms. The van der Waals surface area contributed by atoms with Crippen molar-refractivity contribution in [2.24, 2.45) is 11.7 Å². The second-order valence-corrected chi connectivity index (χ2v) is 7.21. The van der Waals surface area contributed by atoms with Crippen LogP contribution in [0.4, 0.5) is 5.13 Å². The van der Waals surface area contributed by atoms with E-state index in [0.29, 0.717) is 19.1 Å². The van der Waals surface area contributed by atoms with Crippen LogP contribution in [-0.2, 0) is 0 Å². The van der Waals surface area contributed by atoms with Gasteiger partial charge in [0.1, 0.15) is 13.2 Å². The third-order valence-corrected chi connectivity index (χ3v) is 5.72. The number of benzene rings is 1. The molecule has 0 unspecified atom stereocenters. The van der Waals surface area contributed by atoms with Gasteiger partial charge in [0, 0.05) is 30.9 Å². The van der Waals surface area contributed by atoms with E-state index >= 15 is 0 Å². The lowest BCUT2D eigenvalue weighted by Crippen LogP contribution is -2.35. The normalized spacial score (nSPS) is 17.8. The van der Waals surface area contributed by atoms with E-state index in [1.54, 1.807) is 11.3 Å². The molecule has 1 aromatic carbocycles. The first-order valence-electron chi connectivity index (χ1n) is 8.26. The number of nitrogens with two attached hydrogens (primary N) is 1. The van der Waals surface area contributed by atoms with Crippen LogP contribution >= 0.6 is 11.3 Å². The maximum absolute atomic E-state index is 5.84. The Morgan fingerprint density at radius 2 is 1.96 bits per heavy atom. The lowest BCUT2D eigenvalue weighted by Gasteiger charge is -2.31. The quantitative estimate of drug-likeness (QED) is 0.927. The summed E-state index contributed by atoms with van der Waals surface area (Å²) >= 11 is 1.72. The Bertz CT molecular complexity index is 750. The molecule has 4 rings (SSSR count). The smallest absolute Gasteiger partial charge is 0.185 e. The van der Waals surface area contributed by atoms with Gasteiger partial charge in [0.25, 0.3) is 0 Å². The van der Waals surface area contributed by atoms with E-state index in [4.69, 9.17) is 15.2 Å². The van der Waals surface area contributed by atoms with Crippen molar-refractivity contribution < 1.29 is 9.47 Å². The summed E-state index contributed by atoms with van der Waals surface area (Å²) in [5, 5.41) is 1.07. The molecular weight excluding hydrogens is 322 g/mol. The van der Waals surface area contributed by atoms with Crippen molar-refractivity contribution >= 4 is 16.5 Å². The van der Waals surface area contributed by atoms with Gasteiger partial charge >= 0.3 is 0 Å². The minimum atomic E-state index is 0.443. The number of anilines is 1. The summed E-state index contributed by atoms with van der Waals surface area (Å²) < 4.78 is 11.3. The lowest BCUT2D eigenvalue weighted by molar-refractivity contribution is 0.171. The second-order valence-electron chi connectivity index (χ2n) is 6.20. The van der Waals surface area contributed by atoms with Gasteiger partial charge in [0.05, 0.1) is 4.88 Å². The van der Waals surface area contributed by atoms with Crippen molar-refractivity contribution in [2.45, 2.75) is 12.8 Å². The van der Waals surface area contributed by atoms with Gasteiger partial charge in [-0.1, -0.05) is 17.9 Å². The molecule has 0 amide bonds. The lowest BCUT2D eigenvalue weighted by atomic mass is 9.95. The van der Waals surface area contributed by atoms with Crippen LogP contribution in [0.25, 0.3) is 10.4 Å². The third-order valence-electron chi connectivity index (χ3n) is 4.61. The Labute approximate surface area is 145 Å². The first kappa shape index (κ1) is 15.3. The summed E-state index contributed by atoms with van der Waals surface area (Å²) in [4.78, 5) is 8.10. The summed E-state index contributed by atoms with van der Waals surface area (Å²) in [6.07, 6.45) is 4.04. The molecule has 2 aliphatic heterocycles. The highest BCUT2D eigenvalue weighted by Gasteiger charge is 2.22. The highest BCUT2D eigenvalue weighted by atomic mass is 32.1. The molecule has 2 aliphatic rings. The van der Waals surface area contributed by atoms with E-state index in [-0.39, 0.29) is 0 Å². The van der Waals surface area contributed by atoms with Crippen LogP contribution in [0.15, 0.2) is 36.7 Å². The number of nitrogens with zero attached hydrogens (tertiary/aromatic N) is 2. The Hall–Kier alpha value is -2.21. The number of aromatic nitrogens is 1. The largest absolute Gasteiger partial charge is 0.486 e. The fourth-order valence-electron chi connectivity index (χ4n) is 3.18. The highest BCUT2D eigenvalue weighted by Crippen LogP contribution is 2.38. The molecule has 1 fully saturated rings. The molecule has 24 heavy (non-hydrogen) atoms. The molecule has 2 aromatic rings. The molecule has 1 aromatic heterocycles. The van der Waals surface area contributed by atoms with Crippen LogP contribution < -0.4 is 20.1 Å². The zero-order chi connectivity index (χ0) is 16.5. The second kappa shape index (κ2) is 6.36. The Kier molecular flexibility index (Phi) is 4.06. The van der Waals surface area contributed by atoms with Crippen molar-refractivity contribution in [3.8, 4) is 21.9 Å². The number of allylic oxidation sites excluding steroid dienone is 1. The topological polar surface area (TPSA) is 60.6 Å². The predicted octanol–water partition coefficient (Wildman–Crippen LogP) is 3.27. The zero-order valence-electron chi connectivity index (χ0n) is 13.5. The molecule has 126 valence electrons. The number of fused-ring (bicyclic) bond motifs is 1. The van der Waals surface area contributed by atoms with Gasteiger partial charge in [-0.2, -0.15) is 0 Å². The van der Waals surface area contributed by atoms with Gasteiger partial charge in [-0.3, -0.25) is 0 Å². The van der Waals surface area contributed by atoms with E-state index in [1.165, 1.54) is 0 Å². The van der Waals surface area contributed by atoms with Crippen LogP contribution in [0.3, 0.4) is 0 Å². The van der Waals surface area contributed by atoms with Crippen molar-refractivity contribution in [3.63, 3.8) is 0 Å². The summed E-state index contributed by atoms with van der Waals surface area (Å²) in [5.74, 6) is 2.08. The fourth-order valence-corrected chi connectivity index (χ4v) is 4.15. The minimum Gasteiger partial charge on any atom is -0.486 e. The number of ether oxygens (including phenoxy) is 2. The first-order chi connectivity index (χ1) is 11.7. The SMILES string of the molecule is C=C(N)C1CCN(c2ncc(-c3ccc4c(c3)OCCO4)s2)CC1. The summed E-state index contributed by atoms with van der Waals surface area (Å²) in [5.41, 5.74) is 7.77. The third kappa shape index (κ3) is 2.94. The van der Waals surface area contributed by atoms with E-state index in [2.05, 4.69) is 22.5 Å². The first-order valence-corrected chi connectivity index (χ1v) is 9.07. The van der Waals surface area contributed by atoms with Crippen molar-refractivity contribution in [1.82, 2.24) is 4.98 Å². The molecule has 0 aliphatic carbocycles. The number of piperidine rings is 1. The summed E-state index contributed by atoms with van der Waals surface area (Å²) in [7, 11) is 0. The number of hydrogen-bond acceptors (Lipinski definition) is 6. The van der Waals surface area contributed by atoms with E-state index in [9.17, 15) is 0 Å². The van der Waals surface area contributed by atoms with Crippen LogP contribution in [0.5, 0.6) is 11.5 Å². The molecule has 0 bridgehead atoms. The summed E-state index contributed by atoms with van der Waals surface area (Å²) in [6.45, 7) is 7.06.